The monoisotopic (exact) mass is 352 g/mol. The van der Waals surface area contributed by atoms with Crippen molar-refractivity contribution in [3.63, 3.8) is 0 Å². The van der Waals surface area contributed by atoms with E-state index >= 15 is 0 Å². The smallest absolute Gasteiger partial charge is 0.208 e. The highest BCUT2D eigenvalue weighted by Crippen LogP contribution is 2.29. The van der Waals surface area contributed by atoms with Gasteiger partial charge in [-0.3, -0.25) is 4.57 Å². The standard InChI is InChI=1S/C19H24N6O/c1-14(2)25-18-16(23-19(25)24-8-10-26-11-9-24)17(21-13-22-18)20-12-15-6-4-3-5-7-15/h3-7,13-14H,8-12H2,1-2H3,(H,20,21,22). The van der Waals surface area contributed by atoms with E-state index in [0.29, 0.717) is 6.54 Å². The molecule has 0 unspecified atom stereocenters. The molecule has 7 nitrogen and oxygen atoms in total. The molecule has 26 heavy (non-hydrogen) atoms. The van der Waals surface area contributed by atoms with E-state index in [1.165, 1.54) is 5.56 Å². The molecule has 1 saturated heterocycles. The molecular formula is C19H24N6O. The first-order valence-electron chi connectivity index (χ1n) is 9.07. The van der Waals surface area contributed by atoms with Gasteiger partial charge in [-0.15, -0.1) is 0 Å². The van der Waals surface area contributed by atoms with E-state index in [0.717, 1.165) is 49.2 Å². The first-order valence-corrected chi connectivity index (χ1v) is 9.07. The summed E-state index contributed by atoms with van der Waals surface area (Å²) in [5.74, 6) is 1.72. The second-order valence-corrected chi connectivity index (χ2v) is 6.71. The lowest BCUT2D eigenvalue weighted by Crippen LogP contribution is -2.38. The summed E-state index contributed by atoms with van der Waals surface area (Å²) >= 11 is 0. The fourth-order valence-corrected chi connectivity index (χ4v) is 3.27. The third-order valence-electron chi connectivity index (χ3n) is 4.57. The lowest BCUT2D eigenvalue weighted by atomic mass is 10.2. The average Bonchev–Trinajstić information content (AvgIpc) is 3.08. The normalized spacial score (nSPS) is 15.0. The van der Waals surface area contributed by atoms with Gasteiger partial charge >= 0.3 is 0 Å². The van der Waals surface area contributed by atoms with E-state index in [1.807, 2.05) is 18.2 Å². The highest BCUT2D eigenvalue weighted by Gasteiger charge is 2.23. The number of hydrogen-bond donors (Lipinski definition) is 1. The van der Waals surface area contributed by atoms with Crippen LogP contribution in [-0.4, -0.2) is 45.8 Å². The number of anilines is 2. The maximum atomic E-state index is 5.49. The van der Waals surface area contributed by atoms with E-state index in [2.05, 4.69) is 50.7 Å². The maximum absolute atomic E-state index is 5.49. The van der Waals surface area contributed by atoms with Crippen molar-refractivity contribution >= 4 is 22.9 Å². The number of nitrogens with one attached hydrogen (secondary N) is 1. The summed E-state index contributed by atoms with van der Waals surface area (Å²) in [6.07, 6.45) is 1.61. The Morgan fingerprint density at radius 2 is 1.88 bits per heavy atom. The third kappa shape index (κ3) is 3.22. The molecule has 7 heteroatoms. The fraction of sp³-hybridized carbons (Fsp3) is 0.421. The minimum absolute atomic E-state index is 0.259. The van der Waals surface area contributed by atoms with Crippen molar-refractivity contribution < 1.29 is 4.74 Å². The molecule has 0 spiro atoms. The molecular weight excluding hydrogens is 328 g/mol. The second kappa shape index (κ2) is 7.29. The lowest BCUT2D eigenvalue weighted by Gasteiger charge is -2.29. The second-order valence-electron chi connectivity index (χ2n) is 6.71. The maximum Gasteiger partial charge on any atom is 0.208 e. The van der Waals surface area contributed by atoms with Crippen LogP contribution in [0.2, 0.25) is 0 Å². The minimum Gasteiger partial charge on any atom is -0.378 e. The number of imidazole rings is 1. The first-order chi connectivity index (χ1) is 12.7. The Morgan fingerprint density at radius 1 is 1.12 bits per heavy atom. The van der Waals surface area contributed by atoms with Crippen molar-refractivity contribution in [2.75, 3.05) is 36.5 Å². The van der Waals surface area contributed by atoms with Crippen LogP contribution in [0.3, 0.4) is 0 Å². The number of benzene rings is 1. The zero-order chi connectivity index (χ0) is 17.9. The van der Waals surface area contributed by atoms with Crippen molar-refractivity contribution in [2.24, 2.45) is 0 Å². The van der Waals surface area contributed by atoms with Crippen LogP contribution in [0.25, 0.3) is 11.2 Å². The van der Waals surface area contributed by atoms with E-state index in [4.69, 9.17) is 9.72 Å². The zero-order valence-electron chi connectivity index (χ0n) is 15.2. The molecule has 0 bridgehead atoms. The van der Waals surface area contributed by atoms with Crippen molar-refractivity contribution in [2.45, 2.75) is 26.4 Å². The van der Waals surface area contributed by atoms with E-state index in [-0.39, 0.29) is 6.04 Å². The topological polar surface area (TPSA) is 68.1 Å². The van der Waals surface area contributed by atoms with Gasteiger partial charge in [0.15, 0.2) is 17.0 Å². The molecule has 1 aromatic carbocycles. The molecule has 1 fully saturated rings. The molecule has 1 aliphatic heterocycles. The predicted molar refractivity (Wildman–Crippen MR) is 103 cm³/mol. The summed E-state index contributed by atoms with van der Waals surface area (Å²) in [7, 11) is 0. The Hall–Kier alpha value is -2.67. The number of morpholine rings is 1. The highest BCUT2D eigenvalue weighted by atomic mass is 16.5. The van der Waals surface area contributed by atoms with Gasteiger partial charge in [-0.25, -0.2) is 15.0 Å². The highest BCUT2D eigenvalue weighted by molar-refractivity contribution is 5.85. The quantitative estimate of drug-likeness (QED) is 0.761. The van der Waals surface area contributed by atoms with Gasteiger partial charge in [-0.2, -0.15) is 0 Å². The molecule has 4 rings (SSSR count). The first kappa shape index (κ1) is 16.8. The molecule has 0 amide bonds. The number of hydrogen-bond acceptors (Lipinski definition) is 6. The van der Waals surface area contributed by atoms with Crippen LogP contribution in [0.1, 0.15) is 25.5 Å². The number of fused-ring (bicyclic) bond motifs is 1. The van der Waals surface area contributed by atoms with Crippen LogP contribution >= 0.6 is 0 Å². The third-order valence-corrected chi connectivity index (χ3v) is 4.57. The number of aromatic nitrogens is 4. The molecule has 1 N–H and O–H groups in total. The van der Waals surface area contributed by atoms with Crippen LogP contribution in [0.5, 0.6) is 0 Å². The molecule has 3 aromatic rings. The number of rotatable bonds is 5. The summed E-state index contributed by atoms with van der Waals surface area (Å²) in [5, 5.41) is 3.42. The Bertz CT molecular complexity index is 870. The van der Waals surface area contributed by atoms with Crippen LogP contribution in [0.15, 0.2) is 36.7 Å². The van der Waals surface area contributed by atoms with Crippen molar-refractivity contribution in [3.05, 3.63) is 42.2 Å². The molecule has 0 radical (unpaired) electrons. The van der Waals surface area contributed by atoms with Gasteiger partial charge in [0.2, 0.25) is 5.95 Å². The van der Waals surface area contributed by atoms with Gasteiger partial charge < -0.3 is 15.0 Å². The fourth-order valence-electron chi connectivity index (χ4n) is 3.27. The van der Waals surface area contributed by atoms with E-state index in [1.54, 1.807) is 6.33 Å². The van der Waals surface area contributed by atoms with Gasteiger partial charge in [-0.1, -0.05) is 30.3 Å². The summed E-state index contributed by atoms with van der Waals surface area (Å²) in [4.78, 5) is 16.2. The number of ether oxygens (including phenoxy) is 1. The van der Waals surface area contributed by atoms with Gasteiger partial charge in [0.05, 0.1) is 13.2 Å². The van der Waals surface area contributed by atoms with Gasteiger partial charge in [0, 0.05) is 25.7 Å². The zero-order valence-corrected chi connectivity index (χ0v) is 15.2. The Labute approximate surface area is 153 Å². The molecule has 1 aliphatic rings. The summed E-state index contributed by atoms with van der Waals surface area (Å²) in [6.45, 7) is 8.16. The van der Waals surface area contributed by atoms with Crippen molar-refractivity contribution in [1.29, 1.82) is 0 Å². The molecule has 0 saturated carbocycles. The molecule has 136 valence electrons. The van der Waals surface area contributed by atoms with Crippen molar-refractivity contribution in [1.82, 2.24) is 19.5 Å². The van der Waals surface area contributed by atoms with Gasteiger partial charge in [0.1, 0.15) is 6.33 Å². The van der Waals surface area contributed by atoms with Crippen LogP contribution in [0, 0.1) is 0 Å². The lowest BCUT2D eigenvalue weighted by molar-refractivity contribution is 0.121. The predicted octanol–water partition coefficient (Wildman–Crippen LogP) is 2.86. The summed E-state index contributed by atoms with van der Waals surface area (Å²) in [6, 6.07) is 10.5. The molecule has 2 aromatic heterocycles. The molecule has 3 heterocycles. The van der Waals surface area contributed by atoms with Gasteiger partial charge in [0.25, 0.3) is 0 Å². The van der Waals surface area contributed by atoms with E-state index in [9.17, 15) is 0 Å². The van der Waals surface area contributed by atoms with Crippen LogP contribution in [0.4, 0.5) is 11.8 Å². The van der Waals surface area contributed by atoms with Crippen LogP contribution < -0.4 is 10.2 Å². The Kier molecular flexibility index (Phi) is 4.71. The van der Waals surface area contributed by atoms with Crippen LogP contribution in [-0.2, 0) is 11.3 Å². The minimum atomic E-state index is 0.259. The summed E-state index contributed by atoms with van der Waals surface area (Å²) < 4.78 is 7.68. The SMILES string of the molecule is CC(C)n1c(N2CCOCC2)nc2c(NCc3ccccc3)ncnc21. The van der Waals surface area contributed by atoms with Gasteiger partial charge in [-0.05, 0) is 19.4 Å². The summed E-state index contributed by atoms with van der Waals surface area (Å²) in [5.41, 5.74) is 2.89. The average molecular weight is 352 g/mol. The largest absolute Gasteiger partial charge is 0.378 e. The molecule has 0 atom stereocenters. The van der Waals surface area contributed by atoms with E-state index < -0.39 is 0 Å². The Morgan fingerprint density at radius 3 is 2.62 bits per heavy atom. The Balaban J connectivity index is 1.70. The molecule has 0 aliphatic carbocycles. The number of nitrogens with zero attached hydrogens (tertiary/aromatic N) is 5. The van der Waals surface area contributed by atoms with Crippen molar-refractivity contribution in [3.8, 4) is 0 Å².